The van der Waals surface area contributed by atoms with E-state index >= 15 is 0 Å². The molecule has 0 amide bonds. The lowest BCUT2D eigenvalue weighted by molar-refractivity contribution is 0.904. The topological polar surface area (TPSA) is 33.6 Å². The Kier molecular flexibility index (Phi) is 4.32. The second-order valence-electron chi connectivity index (χ2n) is 3.88. The summed E-state index contributed by atoms with van der Waals surface area (Å²) in [5.74, 6) is 0. The molecule has 0 aliphatic carbocycles. The Morgan fingerprint density at radius 1 is 1.41 bits per heavy atom. The molecule has 1 N–H and O–H groups in total. The van der Waals surface area contributed by atoms with Crippen molar-refractivity contribution in [2.45, 2.75) is 27.7 Å². The van der Waals surface area contributed by atoms with Gasteiger partial charge in [0.05, 0.1) is 5.69 Å². The number of H-pyrrole nitrogens is 1. The first kappa shape index (κ1) is 13.3. The van der Waals surface area contributed by atoms with Crippen molar-refractivity contribution in [2.24, 2.45) is 7.05 Å². The van der Waals surface area contributed by atoms with Gasteiger partial charge >= 0.3 is 0 Å². The third-order valence-electron chi connectivity index (χ3n) is 2.63. The van der Waals surface area contributed by atoms with Crippen LogP contribution in [0.4, 0.5) is 0 Å². The van der Waals surface area contributed by atoms with Gasteiger partial charge in [0.15, 0.2) is 0 Å². The van der Waals surface area contributed by atoms with E-state index < -0.39 is 0 Å². The number of nitrogens with one attached hydrogen (secondary N) is 1. The first-order chi connectivity index (χ1) is 8.11. The lowest BCUT2D eigenvalue weighted by Crippen LogP contribution is -1.92. The molecule has 2 rings (SSSR count). The fourth-order valence-electron chi connectivity index (χ4n) is 2.05. The Morgan fingerprint density at radius 2 is 2.06 bits per heavy atom. The lowest BCUT2D eigenvalue weighted by Gasteiger charge is -2.03. The highest BCUT2D eigenvalue weighted by Gasteiger charge is 2.12. The quantitative estimate of drug-likeness (QED) is 0.838. The second-order valence-corrected chi connectivity index (χ2v) is 3.88. The van der Waals surface area contributed by atoms with Gasteiger partial charge in [0, 0.05) is 30.7 Å². The van der Waals surface area contributed by atoms with Crippen LogP contribution in [-0.4, -0.2) is 14.8 Å². The van der Waals surface area contributed by atoms with Crippen molar-refractivity contribution in [3.8, 4) is 11.3 Å². The highest BCUT2D eigenvalue weighted by Crippen LogP contribution is 2.28. The van der Waals surface area contributed by atoms with Gasteiger partial charge in [-0.3, -0.25) is 5.10 Å². The molecule has 3 nitrogen and oxygen atoms in total. The zero-order valence-corrected chi connectivity index (χ0v) is 11.3. The third-order valence-corrected chi connectivity index (χ3v) is 2.63. The second kappa shape index (κ2) is 5.53. The maximum Gasteiger partial charge on any atom is 0.0668 e. The van der Waals surface area contributed by atoms with E-state index in [2.05, 4.69) is 34.5 Å². The fraction of sp³-hybridized carbons (Fsp3) is 0.357. The molecule has 0 bridgehead atoms. The molecule has 2 aromatic rings. The monoisotopic (exact) mass is 231 g/mol. The molecule has 0 aliphatic heterocycles. The zero-order chi connectivity index (χ0) is 13.0. The number of aryl methyl sites for hydroxylation is 1. The van der Waals surface area contributed by atoms with Crippen LogP contribution in [0.15, 0.2) is 25.0 Å². The van der Waals surface area contributed by atoms with Crippen molar-refractivity contribution in [3.63, 3.8) is 0 Å². The van der Waals surface area contributed by atoms with Gasteiger partial charge in [0.2, 0.25) is 0 Å². The van der Waals surface area contributed by atoms with E-state index in [4.69, 9.17) is 0 Å². The molecule has 0 aromatic carbocycles. The van der Waals surface area contributed by atoms with Gasteiger partial charge in [0.1, 0.15) is 0 Å². The van der Waals surface area contributed by atoms with Gasteiger partial charge in [-0.2, -0.15) is 5.10 Å². The van der Waals surface area contributed by atoms with Gasteiger partial charge in [-0.15, -0.1) is 0 Å². The third kappa shape index (κ3) is 2.49. The Bertz CT molecular complexity index is 490. The minimum Gasteiger partial charge on any atom is -0.350 e. The summed E-state index contributed by atoms with van der Waals surface area (Å²) in [6.07, 6.45) is 3.87. The van der Waals surface area contributed by atoms with Crippen LogP contribution in [0.5, 0.6) is 0 Å². The first-order valence-electron chi connectivity index (χ1n) is 5.93. The van der Waals surface area contributed by atoms with Crippen LogP contribution in [0.25, 0.3) is 16.8 Å². The average molecular weight is 231 g/mol. The van der Waals surface area contributed by atoms with Crippen molar-refractivity contribution >= 4 is 5.57 Å². The summed E-state index contributed by atoms with van der Waals surface area (Å²) >= 11 is 0. The predicted octanol–water partition coefficient (Wildman–Crippen LogP) is 3.78. The van der Waals surface area contributed by atoms with Crippen LogP contribution in [0.2, 0.25) is 0 Å². The summed E-state index contributed by atoms with van der Waals surface area (Å²) in [7, 11) is 2.04. The number of hydrogen-bond acceptors (Lipinski definition) is 1. The Labute approximate surface area is 103 Å². The number of rotatable bonds is 2. The molecule has 0 spiro atoms. The van der Waals surface area contributed by atoms with E-state index in [1.807, 2.05) is 33.9 Å². The first-order valence-corrected chi connectivity index (χ1v) is 5.93. The molecule has 0 radical (unpaired) electrons. The van der Waals surface area contributed by atoms with E-state index in [1.165, 1.54) is 16.8 Å². The Morgan fingerprint density at radius 3 is 2.47 bits per heavy atom. The molecular weight excluding hydrogens is 210 g/mol. The molecule has 0 unspecified atom stereocenters. The lowest BCUT2D eigenvalue weighted by atomic mass is 10.1. The highest BCUT2D eigenvalue weighted by atomic mass is 15.1. The summed E-state index contributed by atoms with van der Waals surface area (Å²) in [5.41, 5.74) is 5.76. The molecule has 17 heavy (non-hydrogen) atoms. The van der Waals surface area contributed by atoms with Crippen molar-refractivity contribution in [2.75, 3.05) is 0 Å². The molecule has 0 atom stereocenters. The number of allylic oxidation sites excluding steroid dienone is 1. The van der Waals surface area contributed by atoms with Crippen molar-refractivity contribution < 1.29 is 0 Å². The maximum atomic E-state index is 4.00. The summed E-state index contributed by atoms with van der Waals surface area (Å²) < 4.78 is 2.10. The molecule has 3 heteroatoms. The molecular formula is C14H21N3. The average Bonchev–Trinajstić information content (AvgIpc) is 2.89. The van der Waals surface area contributed by atoms with Crippen LogP contribution in [-0.2, 0) is 7.05 Å². The largest absolute Gasteiger partial charge is 0.350 e. The van der Waals surface area contributed by atoms with Crippen LogP contribution >= 0.6 is 0 Å². The van der Waals surface area contributed by atoms with E-state index in [0.29, 0.717) is 0 Å². The van der Waals surface area contributed by atoms with Crippen LogP contribution in [0.3, 0.4) is 0 Å². The number of aromatic nitrogens is 3. The summed E-state index contributed by atoms with van der Waals surface area (Å²) in [6.45, 7) is 12.1. The molecule has 92 valence electrons. The summed E-state index contributed by atoms with van der Waals surface area (Å²) in [6, 6.07) is 1.98. The molecule has 0 fully saturated rings. The smallest absolute Gasteiger partial charge is 0.0668 e. The normalized spacial score (nSPS) is 9.71. The fourth-order valence-corrected chi connectivity index (χ4v) is 2.05. The molecule has 0 saturated carbocycles. The van der Waals surface area contributed by atoms with Gasteiger partial charge in [-0.05, 0) is 31.1 Å². The van der Waals surface area contributed by atoms with Crippen molar-refractivity contribution in [3.05, 3.63) is 36.3 Å². The van der Waals surface area contributed by atoms with Crippen LogP contribution in [0.1, 0.15) is 32.0 Å². The van der Waals surface area contributed by atoms with Gasteiger partial charge < -0.3 is 4.57 Å². The number of aromatic amines is 1. The van der Waals surface area contributed by atoms with Gasteiger partial charge in [-0.1, -0.05) is 20.4 Å². The van der Waals surface area contributed by atoms with Gasteiger partial charge in [-0.25, -0.2) is 0 Å². The van der Waals surface area contributed by atoms with E-state index in [0.717, 1.165) is 11.3 Å². The minimum absolute atomic E-state index is 1.05. The van der Waals surface area contributed by atoms with Crippen molar-refractivity contribution in [1.82, 2.24) is 14.8 Å². The summed E-state index contributed by atoms with van der Waals surface area (Å²) in [4.78, 5) is 0. The molecule has 2 aromatic heterocycles. The molecule has 2 heterocycles. The van der Waals surface area contributed by atoms with E-state index in [9.17, 15) is 0 Å². The number of nitrogens with zero attached hydrogens (tertiary/aromatic N) is 2. The highest BCUT2D eigenvalue weighted by molar-refractivity contribution is 5.73. The SMILES string of the molecule is C=C(C)c1c(C)c(-c2ccn[nH]2)cn1C.CC. The standard InChI is InChI=1S/C12H15N3.C2H6/c1-8(2)12-9(3)10(7-15(12)4)11-5-6-13-14-11;1-2/h5-7H,1H2,2-4H3,(H,13,14);1-2H3. The molecule has 0 saturated heterocycles. The Hall–Kier alpha value is -1.77. The Balaban J connectivity index is 0.000000686. The summed E-state index contributed by atoms with van der Waals surface area (Å²) in [5, 5.41) is 6.95. The van der Waals surface area contributed by atoms with Crippen molar-refractivity contribution in [1.29, 1.82) is 0 Å². The minimum atomic E-state index is 1.05. The van der Waals surface area contributed by atoms with E-state index in [1.54, 1.807) is 6.20 Å². The van der Waals surface area contributed by atoms with Crippen LogP contribution in [0, 0.1) is 6.92 Å². The maximum absolute atomic E-state index is 4.00. The zero-order valence-electron chi connectivity index (χ0n) is 11.3. The number of hydrogen-bond donors (Lipinski definition) is 1. The van der Waals surface area contributed by atoms with E-state index in [-0.39, 0.29) is 0 Å². The predicted molar refractivity (Wildman–Crippen MR) is 73.8 cm³/mol. The van der Waals surface area contributed by atoms with Gasteiger partial charge in [0.25, 0.3) is 0 Å². The molecule has 0 aliphatic rings. The van der Waals surface area contributed by atoms with Crippen LogP contribution < -0.4 is 0 Å².